The molecule has 0 aromatic rings. The van der Waals surface area contributed by atoms with Crippen molar-refractivity contribution in [2.45, 2.75) is 189 Å². The van der Waals surface area contributed by atoms with Gasteiger partial charge >= 0.3 is 0 Å². The number of aliphatic hydroxyl groups is 2. The molecule has 43 heavy (non-hydrogen) atoms. The summed E-state index contributed by atoms with van der Waals surface area (Å²) in [7, 11) is 0. The first kappa shape index (κ1) is 42.8. The summed E-state index contributed by atoms with van der Waals surface area (Å²) in [6, 6.07) is 0. The van der Waals surface area contributed by atoms with Crippen LogP contribution in [0.5, 0.6) is 0 Å². The number of aliphatic hydroxyl groups excluding tert-OH is 2. The van der Waals surface area contributed by atoms with Gasteiger partial charge in [-0.1, -0.05) is 138 Å². The summed E-state index contributed by atoms with van der Waals surface area (Å²) in [5, 5.41) is 20.4. The van der Waals surface area contributed by atoms with E-state index in [2.05, 4.69) is 46.4 Å². The van der Waals surface area contributed by atoms with Crippen LogP contribution in [0.3, 0.4) is 0 Å². The monoisotopic (exact) mass is 614 g/mol. The van der Waals surface area contributed by atoms with Gasteiger partial charge in [-0.25, -0.2) is 0 Å². The molecule has 0 heterocycles. The Labute approximate surface area is 270 Å². The Morgan fingerprint density at radius 2 is 1.02 bits per heavy atom. The van der Waals surface area contributed by atoms with Crippen LogP contribution in [0.2, 0.25) is 0 Å². The molecule has 0 aromatic carbocycles. The molecule has 1 atom stereocenters. The van der Waals surface area contributed by atoms with Crippen molar-refractivity contribution in [3.8, 4) is 0 Å². The van der Waals surface area contributed by atoms with Crippen molar-refractivity contribution in [1.29, 1.82) is 0 Å². The fourth-order valence-corrected chi connectivity index (χ4v) is 6.09. The molecule has 0 rings (SSSR count). The summed E-state index contributed by atoms with van der Waals surface area (Å²) in [6.07, 6.45) is 24.5. The first-order valence-corrected chi connectivity index (χ1v) is 19.2. The number of rotatable bonds is 34. The van der Waals surface area contributed by atoms with Crippen LogP contribution in [0.4, 0.5) is 0 Å². The Kier molecular flexibility index (Phi) is 31.6. The van der Waals surface area contributed by atoms with E-state index in [9.17, 15) is 10.2 Å². The highest BCUT2D eigenvalue weighted by molar-refractivity contribution is 4.70. The largest absolute Gasteiger partial charge is 0.396 e. The zero-order valence-corrected chi connectivity index (χ0v) is 30.1. The predicted octanol–water partition coefficient (Wildman–Crippen LogP) is 10.2. The van der Waals surface area contributed by atoms with Gasteiger partial charge in [0, 0.05) is 13.2 Å². The molecule has 5 nitrogen and oxygen atoms in total. The van der Waals surface area contributed by atoms with Crippen LogP contribution in [0.1, 0.15) is 176 Å². The highest BCUT2D eigenvalue weighted by Gasteiger charge is 2.18. The maximum Gasteiger partial charge on any atom is 0.157 e. The molecule has 0 radical (unpaired) electrons. The van der Waals surface area contributed by atoms with Gasteiger partial charge in [0.15, 0.2) is 6.29 Å². The zero-order chi connectivity index (χ0) is 32.0. The highest BCUT2D eigenvalue weighted by atomic mass is 16.7. The molecule has 0 unspecified atom stereocenters. The molecule has 0 aliphatic heterocycles. The molecular weight excluding hydrogens is 534 g/mol. The minimum atomic E-state index is -0.295. The number of ether oxygens (including phenoxy) is 2. The second kappa shape index (κ2) is 31.8. The van der Waals surface area contributed by atoms with Crippen molar-refractivity contribution in [3.05, 3.63) is 0 Å². The molecule has 0 spiro atoms. The lowest BCUT2D eigenvalue weighted by Crippen LogP contribution is -2.35. The zero-order valence-electron chi connectivity index (χ0n) is 30.1. The Morgan fingerprint density at radius 3 is 1.51 bits per heavy atom. The molecular formula is C38H79NO4. The molecule has 0 bridgehead atoms. The maximum atomic E-state index is 11.0. The van der Waals surface area contributed by atoms with Gasteiger partial charge in [0.05, 0.1) is 19.3 Å². The van der Waals surface area contributed by atoms with E-state index in [0.717, 1.165) is 103 Å². The van der Waals surface area contributed by atoms with Gasteiger partial charge in [-0.05, 0) is 69.4 Å². The average Bonchev–Trinajstić information content (AvgIpc) is 3.02. The van der Waals surface area contributed by atoms with E-state index in [1.165, 1.54) is 70.6 Å². The van der Waals surface area contributed by atoms with E-state index in [4.69, 9.17) is 9.47 Å². The third-order valence-corrected chi connectivity index (χ3v) is 9.71. The summed E-state index contributed by atoms with van der Waals surface area (Å²) >= 11 is 0. The quantitative estimate of drug-likeness (QED) is 0.0558. The molecule has 0 amide bonds. The Balaban J connectivity index is 4.83. The van der Waals surface area contributed by atoms with Crippen molar-refractivity contribution in [1.82, 2.24) is 4.90 Å². The van der Waals surface area contributed by atoms with Gasteiger partial charge in [-0.15, -0.1) is 0 Å². The molecule has 260 valence electrons. The van der Waals surface area contributed by atoms with E-state index in [1.807, 2.05) is 0 Å². The summed E-state index contributed by atoms with van der Waals surface area (Å²) in [6.45, 7) is 18.2. The van der Waals surface area contributed by atoms with Crippen LogP contribution in [-0.4, -0.2) is 67.0 Å². The van der Waals surface area contributed by atoms with Crippen LogP contribution in [0.15, 0.2) is 0 Å². The standard InChI is InChI=1S/C38H79NO4/c1-7-13-15-17-23-36(24-18-16-14-8-2)27-29-39(28-21-22-30-40)31-37(41)25-19-20-26-38(42-32-34(9-3)10-4)43-33-35(11-5)12-6/h34-38,40-41H,7-33H2,1-6H3/t37-/m1/s1. The Bertz CT molecular complexity index is 512. The van der Waals surface area contributed by atoms with E-state index in [0.29, 0.717) is 11.8 Å². The smallest absolute Gasteiger partial charge is 0.157 e. The normalized spacial score (nSPS) is 13.0. The van der Waals surface area contributed by atoms with Gasteiger partial charge in [0.2, 0.25) is 0 Å². The summed E-state index contributed by atoms with van der Waals surface area (Å²) in [5.74, 6) is 2.01. The lowest BCUT2D eigenvalue weighted by molar-refractivity contribution is -0.161. The summed E-state index contributed by atoms with van der Waals surface area (Å²) in [4.78, 5) is 2.49. The minimum absolute atomic E-state index is 0.125. The topological polar surface area (TPSA) is 62.2 Å². The van der Waals surface area contributed by atoms with Crippen LogP contribution in [0.25, 0.3) is 0 Å². The van der Waals surface area contributed by atoms with Gasteiger partial charge in [0.25, 0.3) is 0 Å². The molecule has 0 aromatic heterocycles. The number of hydrogen-bond acceptors (Lipinski definition) is 5. The SMILES string of the molecule is CCCCCCC(CCCCCC)CCN(CCCCO)C[C@H](O)CCCCC(OCC(CC)CC)OCC(CC)CC. The average molecular weight is 614 g/mol. The number of unbranched alkanes of at least 4 members (excludes halogenated alkanes) is 8. The molecule has 5 heteroatoms. The number of hydrogen-bond donors (Lipinski definition) is 2. The second-order valence-electron chi connectivity index (χ2n) is 13.5. The van der Waals surface area contributed by atoms with Crippen molar-refractivity contribution >= 4 is 0 Å². The van der Waals surface area contributed by atoms with Crippen LogP contribution in [0, 0.1) is 17.8 Å². The molecule has 0 saturated carbocycles. The Hall–Kier alpha value is -0.200. The van der Waals surface area contributed by atoms with Gasteiger partial charge < -0.3 is 24.6 Å². The van der Waals surface area contributed by atoms with Crippen molar-refractivity contribution in [2.24, 2.45) is 17.8 Å². The first-order chi connectivity index (χ1) is 21.0. The van der Waals surface area contributed by atoms with Crippen LogP contribution < -0.4 is 0 Å². The molecule has 0 fully saturated rings. The van der Waals surface area contributed by atoms with E-state index in [1.54, 1.807) is 0 Å². The van der Waals surface area contributed by atoms with Crippen molar-refractivity contribution < 1.29 is 19.7 Å². The van der Waals surface area contributed by atoms with Gasteiger partial charge in [-0.2, -0.15) is 0 Å². The second-order valence-corrected chi connectivity index (χ2v) is 13.5. The fourth-order valence-electron chi connectivity index (χ4n) is 6.09. The van der Waals surface area contributed by atoms with Crippen molar-refractivity contribution in [2.75, 3.05) is 39.5 Å². The van der Waals surface area contributed by atoms with Crippen LogP contribution >= 0.6 is 0 Å². The molecule has 0 aliphatic rings. The van der Waals surface area contributed by atoms with Crippen molar-refractivity contribution in [3.63, 3.8) is 0 Å². The third-order valence-electron chi connectivity index (χ3n) is 9.71. The van der Waals surface area contributed by atoms with Crippen LogP contribution in [-0.2, 0) is 9.47 Å². The lowest BCUT2D eigenvalue weighted by atomic mass is 9.91. The summed E-state index contributed by atoms with van der Waals surface area (Å²) < 4.78 is 12.6. The molecule has 0 aliphatic carbocycles. The Morgan fingerprint density at radius 1 is 0.512 bits per heavy atom. The maximum absolute atomic E-state index is 11.0. The van der Waals surface area contributed by atoms with E-state index >= 15 is 0 Å². The lowest BCUT2D eigenvalue weighted by Gasteiger charge is -2.28. The minimum Gasteiger partial charge on any atom is -0.396 e. The van der Waals surface area contributed by atoms with E-state index in [-0.39, 0.29) is 19.0 Å². The van der Waals surface area contributed by atoms with Gasteiger partial charge in [0.1, 0.15) is 0 Å². The molecule has 0 saturated heterocycles. The predicted molar refractivity (Wildman–Crippen MR) is 187 cm³/mol. The highest BCUT2D eigenvalue weighted by Crippen LogP contribution is 2.23. The third kappa shape index (κ3) is 25.7. The number of nitrogens with zero attached hydrogens (tertiary/aromatic N) is 1. The first-order valence-electron chi connectivity index (χ1n) is 19.2. The van der Waals surface area contributed by atoms with E-state index < -0.39 is 0 Å². The summed E-state index contributed by atoms with van der Waals surface area (Å²) in [5.41, 5.74) is 0. The van der Waals surface area contributed by atoms with Gasteiger partial charge in [-0.3, -0.25) is 0 Å². The molecule has 2 N–H and O–H groups in total. The fraction of sp³-hybridized carbons (Fsp3) is 1.00.